The van der Waals surface area contributed by atoms with Crippen LogP contribution in [0.4, 0.5) is 0 Å². The first-order valence-electron chi connectivity index (χ1n) is 9.05. The molecule has 0 aromatic heterocycles. The zero-order valence-corrected chi connectivity index (χ0v) is 15.9. The molecule has 2 amide bonds. The molecule has 2 fully saturated rings. The van der Waals surface area contributed by atoms with Crippen LogP contribution in [0.15, 0.2) is 0 Å². The number of ether oxygens (including phenoxy) is 3. The van der Waals surface area contributed by atoms with Crippen LogP contribution in [-0.4, -0.2) is 117 Å². The molecule has 2 aliphatic rings. The highest BCUT2D eigenvalue weighted by atomic mass is 16.7. The van der Waals surface area contributed by atoms with Crippen molar-refractivity contribution in [3.05, 3.63) is 0 Å². The van der Waals surface area contributed by atoms with E-state index in [1.807, 2.05) is 0 Å². The SMILES string of the molecule is CC(=O)N[C@@H]1[C@@H](O[C@H]2O[C@H](CO)[C@H](O)[C@H](O)[C@H]2NC(C)=O)[C@@H](O)[C@@H](CO)O[C@@H]1O. The zero-order valence-electron chi connectivity index (χ0n) is 15.9. The lowest BCUT2D eigenvalue weighted by Gasteiger charge is -2.47. The maximum atomic E-state index is 11.5. The standard InChI is InChI=1S/C16H28N2O11/c1-5(21)17-9-13(25)11(23)7(3-19)28-16(9)29-14-10(18-6(2)22)15(26)27-8(4-20)12(14)24/h7-16,19-20,23-26H,3-4H2,1-2H3,(H,17,21)(H,18,22)/t7-,8-,9-,10-,11+,12+,13-,14-,15+,16-/m1/s1. The highest BCUT2D eigenvalue weighted by molar-refractivity contribution is 5.73. The molecule has 0 unspecified atom stereocenters. The maximum Gasteiger partial charge on any atom is 0.217 e. The molecule has 29 heavy (non-hydrogen) atoms. The summed E-state index contributed by atoms with van der Waals surface area (Å²) in [5.41, 5.74) is 0. The monoisotopic (exact) mass is 424 g/mol. The molecule has 10 atom stereocenters. The van der Waals surface area contributed by atoms with Gasteiger partial charge in [-0.15, -0.1) is 0 Å². The van der Waals surface area contributed by atoms with Gasteiger partial charge < -0.3 is 55.5 Å². The minimum absolute atomic E-state index is 0.576. The molecular weight excluding hydrogens is 396 g/mol. The van der Waals surface area contributed by atoms with Crippen molar-refractivity contribution in [2.75, 3.05) is 13.2 Å². The van der Waals surface area contributed by atoms with Gasteiger partial charge in [0, 0.05) is 13.8 Å². The van der Waals surface area contributed by atoms with Gasteiger partial charge in [-0.2, -0.15) is 0 Å². The molecule has 2 rings (SSSR count). The van der Waals surface area contributed by atoms with Crippen molar-refractivity contribution in [2.45, 2.75) is 75.1 Å². The highest BCUT2D eigenvalue weighted by Gasteiger charge is 2.51. The summed E-state index contributed by atoms with van der Waals surface area (Å²) in [6.45, 7) is 0.959. The predicted octanol–water partition coefficient (Wildman–Crippen LogP) is -5.11. The average molecular weight is 424 g/mol. The number of hydrogen-bond donors (Lipinski definition) is 8. The molecule has 2 aliphatic heterocycles. The summed E-state index contributed by atoms with van der Waals surface area (Å²) in [7, 11) is 0. The van der Waals surface area contributed by atoms with Gasteiger partial charge in [0.15, 0.2) is 12.6 Å². The maximum absolute atomic E-state index is 11.5. The van der Waals surface area contributed by atoms with Crippen LogP contribution in [0.2, 0.25) is 0 Å². The zero-order chi connectivity index (χ0) is 21.9. The molecular formula is C16H28N2O11. The van der Waals surface area contributed by atoms with E-state index in [9.17, 15) is 40.2 Å². The van der Waals surface area contributed by atoms with Gasteiger partial charge in [-0.1, -0.05) is 0 Å². The molecule has 2 saturated heterocycles. The smallest absolute Gasteiger partial charge is 0.217 e. The van der Waals surface area contributed by atoms with Crippen molar-refractivity contribution in [3.63, 3.8) is 0 Å². The number of aliphatic hydroxyl groups excluding tert-OH is 6. The first kappa shape index (κ1) is 23.9. The lowest BCUT2D eigenvalue weighted by Crippen LogP contribution is -2.69. The van der Waals surface area contributed by atoms with Crippen molar-refractivity contribution >= 4 is 11.8 Å². The Hall–Kier alpha value is -1.42. The van der Waals surface area contributed by atoms with Crippen LogP contribution in [0.1, 0.15) is 13.8 Å². The normalized spacial score (nSPS) is 42.9. The highest BCUT2D eigenvalue weighted by Crippen LogP contribution is 2.28. The van der Waals surface area contributed by atoms with Crippen LogP contribution in [-0.2, 0) is 23.8 Å². The van der Waals surface area contributed by atoms with Gasteiger partial charge in [0.25, 0.3) is 0 Å². The Morgan fingerprint density at radius 3 is 1.86 bits per heavy atom. The molecule has 13 heteroatoms. The Morgan fingerprint density at radius 1 is 0.828 bits per heavy atom. The second-order valence-corrected chi connectivity index (χ2v) is 7.00. The summed E-state index contributed by atoms with van der Waals surface area (Å²) < 4.78 is 16.2. The van der Waals surface area contributed by atoms with E-state index in [0.717, 1.165) is 13.8 Å². The van der Waals surface area contributed by atoms with Gasteiger partial charge in [0.2, 0.25) is 11.8 Å². The summed E-state index contributed by atoms with van der Waals surface area (Å²) in [4.78, 5) is 23.0. The fourth-order valence-electron chi connectivity index (χ4n) is 3.38. The topological polar surface area (TPSA) is 207 Å². The molecule has 2 heterocycles. The molecule has 168 valence electrons. The van der Waals surface area contributed by atoms with Crippen molar-refractivity contribution < 1.29 is 54.4 Å². The number of rotatable bonds is 6. The third kappa shape index (κ3) is 5.39. The van der Waals surface area contributed by atoms with E-state index in [2.05, 4.69) is 10.6 Å². The van der Waals surface area contributed by atoms with Crippen LogP contribution in [0.5, 0.6) is 0 Å². The Morgan fingerprint density at radius 2 is 1.34 bits per heavy atom. The van der Waals surface area contributed by atoms with E-state index in [0.29, 0.717) is 0 Å². The summed E-state index contributed by atoms with van der Waals surface area (Å²) in [5, 5.41) is 64.5. The molecule has 0 aliphatic carbocycles. The summed E-state index contributed by atoms with van der Waals surface area (Å²) >= 11 is 0. The molecule has 0 aromatic rings. The number of nitrogens with one attached hydrogen (secondary N) is 2. The molecule has 0 spiro atoms. The van der Waals surface area contributed by atoms with Crippen molar-refractivity contribution in [3.8, 4) is 0 Å². The van der Waals surface area contributed by atoms with E-state index in [-0.39, 0.29) is 0 Å². The van der Waals surface area contributed by atoms with E-state index in [4.69, 9.17) is 14.2 Å². The number of carbonyl (C=O) groups excluding carboxylic acids is 2. The van der Waals surface area contributed by atoms with Gasteiger partial charge in [-0.25, -0.2) is 0 Å². The Balaban J connectivity index is 2.31. The van der Waals surface area contributed by atoms with Crippen LogP contribution in [0.3, 0.4) is 0 Å². The van der Waals surface area contributed by atoms with Crippen LogP contribution < -0.4 is 10.6 Å². The van der Waals surface area contributed by atoms with Crippen molar-refractivity contribution in [1.29, 1.82) is 0 Å². The Kier molecular flexibility index (Phi) is 8.28. The molecule has 0 radical (unpaired) electrons. The van der Waals surface area contributed by atoms with E-state index >= 15 is 0 Å². The second kappa shape index (κ2) is 10.1. The molecule has 0 aromatic carbocycles. The van der Waals surface area contributed by atoms with Crippen LogP contribution in [0, 0.1) is 0 Å². The minimum atomic E-state index is -1.66. The first-order valence-corrected chi connectivity index (χ1v) is 9.05. The molecule has 13 nitrogen and oxygen atoms in total. The van der Waals surface area contributed by atoms with Gasteiger partial charge >= 0.3 is 0 Å². The van der Waals surface area contributed by atoms with Crippen molar-refractivity contribution in [2.24, 2.45) is 0 Å². The summed E-state index contributed by atoms with van der Waals surface area (Å²) in [6, 6.07) is -2.59. The lowest BCUT2D eigenvalue weighted by molar-refractivity contribution is -0.323. The predicted molar refractivity (Wildman–Crippen MR) is 91.8 cm³/mol. The fraction of sp³-hybridized carbons (Fsp3) is 0.875. The van der Waals surface area contributed by atoms with Crippen molar-refractivity contribution in [1.82, 2.24) is 10.6 Å². The first-order chi connectivity index (χ1) is 13.6. The van der Waals surface area contributed by atoms with E-state index in [1.54, 1.807) is 0 Å². The number of carbonyl (C=O) groups is 2. The van der Waals surface area contributed by atoms with Gasteiger partial charge in [0.1, 0.15) is 48.7 Å². The second-order valence-electron chi connectivity index (χ2n) is 7.00. The largest absolute Gasteiger partial charge is 0.394 e. The quantitative estimate of drug-likeness (QED) is 0.202. The number of aliphatic hydroxyl groups is 6. The molecule has 0 saturated carbocycles. The fourth-order valence-corrected chi connectivity index (χ4v) is 3.38. The van der Waals surface area contributed by atoms with Gasteiger partial charge in [-0.3, -0.25) is 9.59 Å². The molecule has 8 N–H and O–H groups in total. The lowest BCUT2D eigenvalue weighted by atomic mass is 9.94. The van der Waals surface area contributed by atoms with E-state index < -0.39 is 86.3 Å². The Bertz CT molecular complexity index is 579. The third-order valence-corrected chi connectivity index (χ3v) is 4.78. The van der Waals surface area contributed by atoms with E-state index in [1.165, 1.54) is 0 Å². The minimum Gasteiger partial charge on any atom is -0.394 e. The summed E-state index contributed by atoms with van der Waals surface area (Å²) in [5.74, 6) is -1.16. The average Bonchev–Trinajstić information content (AvgIpc) is 2.65. The number of hydrogen-bond acceptors (Lipinski definition) is 11. The number of amides is 2. The van der Waals surface area contributed by atoms with Crippen LogP contribution >= 0.6 is 0 Å². The van der Waals surface area contributed by atoms with Gasteiger partial charge in [-0.05, 0) is 0 Å². The molecule has 0 bridgehead atoms. The third-order valence-electron chi connectivity index (χ3n) is 4.78. The van der Waals surface area contributed by atoms with Gasteiger partial charge in [0.05, 0.1) is 13.2 Å². The Labute approximate surface area is 166 Å². The van der Waals surface area contributed by atoms with Crippen LogP contribution in [0.25, 0.3) is 0 Å². The summed E-state index contributed by atoms with van der Waals surface area (Å²) in [6.07, 6.45) is -11.8.